The van der Waals surface area contributed by atoms with Crippen LogP contribution in [0.15, 0.2) is 6.20 Å². The topological polar surface area (TPSA) is 103 Å². The average molecular weight is 255 g/mol. The second-order valence-corrected chi connectivity index (χ2v) is 5.08. The number of H-pyrrole nitrogens is 1. The number of nitrogen functional groups attached to an aromatic ring is 1. The number of hydrogen-bond acceptors (Lipinski definition) is 6. The molecule has 2 saturated heterocycles. The maximum Gasteiger partial charge on any atom is 0.164 e. The van der Waals surface area contributed by atoms with E-state index in [9.17, 15) is 5.11 Å². The fraction of sp³-hybridized carbons (Fsp3) is 0.727. The Bertz CT molecular complexity index is 447. The SMILES string of the molecule is CC1(C)O[C@@H]2[C@@H](CO)OC(c3cn[nH]c3N)[C@@H]2O1. The number of hydrogen-bond donors (Lipinski definition) is 3. The molecular formula is C11H17N3O4. The van der Waals surface area contributed by atoms with Crippen LogP contribution in [0.4, 0.5) is 5.82 Å². The number of aliphatic hydroxyl groups is 1. The Labute approximate surface area is 104 Å². The highest BCUT2D eigenvalue weighted by Gasteiger charge is 2.55. The van der Waals surface area contributed by atoms with Crippen LogP contribution < -0.4 is 5.73 Å². The van der Waals surface area contributed by atoms with Crippen molar-refractivity contribution < 1.29 is 19.3 Å². The molecule has 0 radical (unpaired) electrons. The second kappa shape index (κ2) is 3.92. The van der Waals surface area contributed by atoms with Crippen LogP contribution >= 0.6 is 0 Å². The lowest BCUT2D eigenvalue weighted by Crippen LogP contribution is -2.31. The Morgan fingerprint density at radius 1 is 1.44 bits per heavy atom. The minimum Gasteiger partial charge on any atom is -0.394 e. The predicted octanol–water partition coefficient (Wildman–Crippen LogP) is -0.0558. The fourth-order valence-corrected chi connectivity index (χ4v) is 2.61. The molecule has 3 rings (SSSR count). The Hall–Kier alpha value is -1.15. The van der Waals surface area contributed by atoms with E-state index in [2.05, 4.69) is 10.2 Å². The minimum atomic E-state index is -0.677. The largest absolute Gasteiger partial charge is 0.394 e. The highest BCUT2D eigenvalue weighted by molar-refractivity contribution is 5.40. The van der Waals surface area contributed by atoms with Gasteiger partial charge in [-0.05, 0) is 13.8 Å². The third kappa shape index (κ3) is 1.71. The van der Waals surface area contributed by atoms with Crippen LogP contribution in [-0.4, -0.2) is 46.0 Å². The van der Waals surface area contributed by atoms with Crippen LogP contribution in [0.3, 0.4) is 0 Å². The van der Waals surface area contributed by atoms with Crippen LogP contribution in [0.2, 0.25) is 0 Å². The Balaban J connectivity index is 1.91. The molecule has 0 aromatic carbocycles. The number of nitrogens with zero attached hydrogens (tertiary/aromatic N) is 1. The van der Waals surface area contributed by atoms with E-state index in [1.54, 1.807) is 6.20 Å². The summed E-state index contributed by atoms with van der Waals surface area (Å²) in [4.78, 5) is 0. The van der Waals surface area contributed by atoms with Gasteiger partial charge in [-0.25, -0.2) is 0 Å². The lowest BCUT2D eigenvalue weighted by atomic mass is 10.0. The van der Waals surface area contributed by atoms with E-state index in [1.165, 1.54) is 0 Å². The molecule has 0 saturated carbocycles. The van der Waals surface area contributed by atoms with Gasteiger partial charge < -0.3 is 25.1 Å². The molecule has 2 aliphatic heterocycles. The summed E-state index contributed by atoms with van der Waals surface area (Å²) in [7, 11) is 0. The van der Waals surface area contributed by atoms with Gasteiger partial charge in [0.15, 0.2) is 5.79 Å². The van der Waals surface area contributed by atoms with E-state index in [1.807, 2.05) is 13.8 Å². The van der Waals surface area contributed by atoms with Crippen molar-refractivity contribution in [2.45, 2.75) is 44.1 Å². The molecule has 7 nitrogen and oxygen atoms in total. The highest BCUT2D eigenvalue weighted by atomic mass is 16.8. The van der Waals surface area contributed by atoms with E-state index in [0.29, 0.717) is 5.82 Å². The Kier molecular flexibility index (Phi) is 2.60. The van der Waals surface area contributed by atoms with Crippen molar-refractivity contribution in [3.05, 3.63) is 11.8 Å². The van der Waals surface area contributed by atoms with Gasteiger partial charge in [0.2, 0.25) is 0 Å². The van der Waals surface area contributed by atoms with E-state index >= 15 is 0 Å². The van der Waals surface area contributed by atoms with Gasteiger partial charge in [0.05, 0.1) is 12.8 Å². The molecule has 1 aromatic heterocycles. The highest BCUT2D eigenvalue weighted by Crippen LogP contribution is 2.45. The molecule has 18 heavy (non-hydrogen) atoms. The third-order valence-electron chi connectivity index (χ3n) is 3.34. The van der Waals surface area contributed by atoms with Crippen LogP contribution in [0.5, 0.6) is 0 Å². The molecule has 7 heteroatoms. The zero-order valence-electron chi connectivity index (χ0n) is 10.3. The molecule has 3 heterocycles. The molecule has 2 fully saturated rings. The van der Waals surface area contributed by atoms with Gasteiger partial charge in [0, 0.05) is 5.56 Å². The number of anilines is 1. The first-order chi connectivity index (χ1) is 8.52. The van der Waals surface area contributed by atoms with Crippen LogP contribution in [-0.2, 0) is 14.2 Å². The van der Waals surface area contributed by atoms with Crippen molar-refractivity contribution in [2.24, 2.45) is 0 Å². The molecule has 4 N–H and O–H groups in total. The number of aliphatic hydroxyl groups excluding tert-OH is 1. The van der Waals surface area contributed by atoms with E-state index in [0.717, 1.165) is 5.56 Å². The molecule has 2 aliphatic rings. The number of rotatable bonds is 2. The summed E-state index contributed by atoms with van der Waals surface area (Å²) in [6.45, 7) is 3.57. The summed E-state index contributed by atoms with van der Waals surface area (Å²) >= 11 is 0. The number of aromatic nitrogens is 2. The molecule has 0 spiro atoms. The first-order valence-corrected chi connectivity index (χ1v) is 5.92. The van der Waals surface area contributed by atoms with Gasteiger partial charge in [-0.2, -0.15) is 5.10 Å². The Morgan fingerprint density at radius 2 is 2.17 bits per heavy atom. The van der Waals surface area contributed by atoms with E-state index in [-0.39, 0.29) is 24.9 Å². The predicted molar refractivity (Wildman–Crippen MR) is 61.5 cm³/mol. The van der Waals surface area contributed by atoms with Crippen molar-refractivity contribution in [1.29, 1.82) is 0 Å². The molecule has 1 aromatic rings. The molecule has 0 aliphatic carbocycles. The summed E-state index contributed by atoms with van der Waals surface area (Å²) in [5.74, 6) is -0.228. The second-order valence-electron chi connectivity index (χ2n) is 5.08. The smallest absolute Gasteiger partial charge is 0.164 e. The van der Waals surface area contributed by atoms with Crippen molar-refractivity contribution in [2.75, 3.05) is 12.3 Å². The first-order valence-electron chi connectivity index (χ1n) is 5.92. The number of nitrogens with two attached hydrogens (primary N) is 1. The number of aromatic amines is 1. The lowest BCUT2D eigenvalue weighted by molar-refractivity contribution is -0.191. The summed E-state index contributed by atoms with van der Waals surface area (Å²) in [5, 5.41) is 15.9. The van der Waals surface area contributed by atoms with Crippen LogP contribution in [0.25, 0.3) is 0 Å². The zero-order valence-corrected chi connectivity index (χ0v) is 10.3. The molecule has 0 amide bonds. The average Bonchev–Trinajstić information content (AvgIpc) is 2.91. The van der Waals surface area contributed by atoms with Gasteiger partial charge in [0.25, 0.3) is 0 Å². The van der Waals surface area contributed by atoms with Crippen LogP contribution in [0.1, 0.15) is 25.5 Å². The maximum absolute atomic E-state index is 9.35. The van der Waals surface area contributed by atoms with Crippen molar-refractivity contribution >= 4 is 5.82 Å². The molecule has 1 unspecified atom stereocenters. The number of ether oxygens (including phenoxy) is 3. The third-order valence-corrected chi connectivity index (χ3v) is 3.34. The lowest BCUT2D eigenvalue weighted by Gasteiger charge is -2.23. The number of fused-ring (bicyclic) bond motifs is 1. The minimum absolute atomic E-state index is 0.116. The van der Waals surface area contributed by atoms with Crippen molar-refractivity contribution in [1.82, 2.24) is 10.2 Å². The van der Waals surface area contributed by atoms with Gasteiger partial charge in [-0.15, -0.1) is 0 Å². The van der Waals surface area contributed by atoms with Gasteiger partial charge in [-0.3, -0.25) is 5.10 Å². The van der Waals surface area contributed by atoms with E-state index in [4.69, 9.17) is 19.9 Å². The standard InChI is InChI=1S/C11H17N3O4/c1-11(2)17-8-6(4-15)16-7(9(8)18-11)5-3-13-14-10(5)12/h3,6-9,15H,4H2,1-2H3,(H3,12,13,14)/t6-,7?,8-,9+/m1/s1. The Morgan fingerprint density at radius 3 is 2.78 bits per heavy atom. The fourth-order valence-electron chi connectivity index (χ4n) is 2.61. The monoisotopic (exact) mass is 255 g/mol. The van der Waals surface area contributed by atoms with Crippen molar-refractivity contribution in [3.63, 3.8) is 0 Å². The molecule has 0 bridgehead atoms. The zero-order chi connectivity index (χ0) is 12.9. The molecular weight excluding hydrogens is 238 g/mol. The van der Waals surface area contributed by atoms with Crippen molar-refractivity contribution in [3.8, 4) is 0 Å². The van der Waals surface area contributed by atoms with Gasteiger partial charge in [0.1, 0.15) is 30.2 Å². The summed E-state index contributed by atoms with van der Waals surface area (Å²) in [5.41, 5.74) is 6.54. The molecule has 4 atom stereocenters. The van der Waals surface area contributed by atoms with Gasteiger partial charge in [-0.1, -0.05) is 0 Å². The summed E-state index contributed by atoms with van der Waals surface area (Å²) in [6.07, 6.45) is 0.274. The quantitative estimate of drug-likeness (QED) is 0.684. The van der Waals surface area contributed by atoms with E-state index < -0.39 is 11.9 Å². The maximum atomic E-state index is 9.35. The van der Waals surface area contributed by atoms with Crippen LogP contribution in [0, 0.1) is 0 Å². The molecule has 100 valence electrons. The first kappa shape index (κ1) is 11.9. The summed E-state index contributed by atoms with van der Waals surface area (Å²) in [6, 6.07) is 0. The normalized spacial score (nSPS) is 37.9. The number of nitrogens with one attached hydrogen (secondary N) is 1. The van der Waals surface area contributed by atoms with Gasteiger partial charge >= 0.3 is 0 Å². The summed E-state index contributed by atoms with van der Waals surface area (Å²) < 4.78 is 17.4.